The van der Waals surface area contributed by atoms with E-state index in [0.717, 1.165) is 24.1 Å². The lowest BCUT2D eigenvalue weighted by molar-refractivity contribution is 0.0928. The van der Waals surface area contributed by atoms with Gasteiger partial charge in [-0.3, -0.25) is 4.79 Å². The molecule has 140 valence electrons. The molecular formula is C18H23N3O3S2. The van der Waals surface area contributed by atoms with Gasteiger partial charge in [-0.05, 0) is 54.9 Å². The molecule has 1 amide bonds. The molecule has 0 saturated heterocycles. The maximum Gasteiger partial charge on any atom is 0.251 e. The standard InChI is InChI=1S/C18H23N3O3S2/c19-11-14-5-2-8-17(14)21-18(22)13-4-1-7-16(10-13)26(23,24)20-12-15-6-3-9-25-15/h1,3-4,6-7,9-10,14,17,20H,2,5,8,11-12,19H2,(H,21,22). The Hall–Kier alpha value is -1.74. The van der Waals surface area contributed by atoms with Gasteiger partial charge in [-0.25, -0.2) is 13.1 Å². The summed E-state index contributed by atoms with van der Waals surface area (Å²) in [7, 11) is -3.68. The molecule has 1 aromatic carbocycles. The summed E-state index contributed by atoms with van der Waals surface area (Å²) in [5.41, 5.74) is 6.09. The number of nitrogens with one attached hydrogen (secondary N) is 2. The normalized spacial score (nSPS) is 20.2. The Labute approximate surface area is 157 Å². The number of benzene rings is 1. The molecule has 8 heteroatoms. The van der Waals surface area contributed by atoms with Gasteiger partial charge in [0.25, 0.3) is 5.91 Å². The molecule has 0 radical (unpaired) electrons. The minimum absolute atomic E-state index is 0.0599. The Morgan fingerprint density at radius 3 is 2.81 bits per heavy atom. The molecule has 2 aromatic rings. The van der Waals surface area contributed by atoms with E-state index in [1.807, 2.05) is 17.5 Å². The first-order valence-electron chi connectivity index (χ1n) is 8.62. The molecule has 1 aliphatic rings. The van der Waals surface area contributed by atoms with Crippen molar-refractivity contribution in [3.05, 3.63) is 52.2 Å². The summed E-state index contributed by atoms with van der Waals surface area (Å²) in [6.45, 7) is 0.780. The highest BCUT2D eigenvalue weighted by atomic mass is 32.2. The van der Waals surface area contributed by atoms with Crippen LogP contribution in [0, 0.1) is 5.92 Å². The van der Waals surface area contributed by atoms with Gasteiger partial charge in [0.15, 0.2) is 0 Å². The first kappa shape index (κ1) is 19.0. The molecule has 0 aliphatic heterocycles. The van der Waals surface area contributed by atoms with Gasteiger partial charge >= 0.3 is 0 Å². The molecule has 4 N–H and O–H groups in total. The van der Waals surface area contributed by atoms with E-state index in [1.165, 1.54) is 23.5 Å². The Morgan fingerprint density at radius 2 is 2.08 bits per heavy atom. The predicted molar refractivity (Wildman–Crippen MR) is 102 cm³/mol. The van der Waals surface area contributed by atoms with E-state index < -0.39 is 10.0 Å². The lowest BCUT2D eigenvalue weighted by Crippen LogP contribution is -2.39. The highest BCUT2D eigenvalue weighted by molar-refractivity contribution is 7.89. The number of thiophene rings is 1. The van der Waals surface area contributed by atoms with Crippen LogP contribution in [0.25, 0.3) is 0 Å². The van der Waals surface area contributed by atoms with Gasteiger partial charge < -0.3 is 11.1 Å². The van der Waals surface area contributed by atoms with Crippen molar-refractivity contribution in [2.45, 2.75) is 36.7 Å². The molecule has 1 aliphatic carbocycles. The average molecular weight is 394 g/mol. The molecule has 3 rings (SSSR count). The maximum atomic E-state index is 12.5. The predicted octanol–water partition coefficient (Wildman–Crippen LogP) is 2.08. The van der Waals surface area contributed by atoms with Crippen LogP contribution in [0.5, 0.6) is 0 Å². The highest BCUT2D eigenvalue weighted by Gasteiger charge is 2.28. The van der Waals surface area contributed by atoms with Crippen LogP contribution in [0.3, 0.4) is 0 Å². The van der Waals surface area contributed by atoms with Crippen molar-refractivity contribution in [2.75, 3.05) is 6.54 Å². The molecule has 2 atom stereocenters. The van der Waals surface area contributed by atoms with Crippen LogP contribution in [0.4, 0.5) is 0 Å². The number of hydrogen-bond donors (Lipinski definition) is 3. The van der Waals surface area contributed by atoms with E-state index in [-0.39, 0.29) is 23.4 Å². The summed E-state index contributed by atoms with van der Waals surface area (Å²) in [6.07, 6.45) is 2.98. The first-order valence-corrected chi connectivity index (χ1v) is 11.0. The fraction of sp³-hybridized carbons (Fsp3) is 0.389. The summed E-state index contributed by atoms with van der Waals surface area (Å²) in [6, 6.07) is 9.92. The molecule has 0 bridgehead atoms. The summed E-state index contributed by atoms with van der Waals surface area (Å²) in [5.74, 6) is 0.0315. The lowest BCUT2D eigenvalue weighted by atomic mass is 10.0. The lowest BCUT2D eigenvalue weighted by Gasteiger charge is -2.19. The van der Waals surface area contributed by atoms with E-state index in [9.17, 15) is 13.2 Å². The van der Waals surface area contributed by atoms with Crippen molar-refractivity contribution < 1.29 is 13.2 Å². The molecule has 6 nitrogen and oxygen atoms in total. The van der Waals surface area contributed by atoms with Gasteiger partial charge in [0.2, 0.25) is 10.0 Å². The number of rotatable bonds is 7. The summed E-state index contributed by atoms with van der Waals surface area (Å²) in [5, 5.41) is 4.89. The second kappa shape index (κ2) is 8.30. The highest BCUT2D eigenvalue weighted by Crippen LogP contribution is 2.25. The van der Waals surface area contributed by atoms with Gasteiger partial charge in [0.05, 0.1) is 4.90 Å². The smallest absolute Gasteiger partial charge is 0.251 e. The number of carbonyl (C=O) groups excluding carboxylic acids is 1. The number of nitrogens with two attached hydrogens (primary N) is 1. The third kappa shape index (κ3) is 4.50. The second-order valence-electron chi connectivity index (χ2n) is 6.44. The fourth-order valence-electron chi connectivity index (χ4n) is 3.23. The van der Waals surface area contributed by atoms with Crippen LogP contribution in [0.15, 0.2) is 46.7 Å². The van der Waals surface area contributed by atoms with E-state index in [2.05, 4.69) is 10.0 Å². The summed E-state index contributed by atoms with van der Waals surface area (Å²) < 4.78 is 27.5. The number of amides is 1. The van der Waals surface area contributed by atoms with Crippen molar-refractivity contribution in [1.29, 1.82) is 0 Å². The van der Waals surface area contributed by atoms with Crippen molar-refractivity contribution >= 4 is 27.3 Å². The molecule has 0 spiro atoms. The largest absolute Gasteiger partial charge is 0.349 e. The van der Waals surface area contributed by atoms with Gasteiger partial charge in [-0.2, -0.15) is 0 Å². The molecule has 1 aromatic heterocycles. The summed E-state index contributed by atoms with van der Waals surface area (Å²) in [4.78, 5) is 13.5. The SMILES string of the molecule is NCC1CCCC1NC(=O)c1cccc(S(=O)(=O)NCc2cccs2)c1. The quantitative estimate of drug-likeness (QED) is 0.670. The minimum Gasteiger partial charge on any atom is -0.349 e. The third-order valence-corrected chi connectivity index (χ3v) is 6.98. The van der Waals surface area contributed by atoms with E-state index in [1.54, 1.807) is 12.1 Å². The van der Waals surface area contributed by atoms with Crippen LogP contribution in [0.1, 0.15) is 34.5 Å². The number of sulfonamides is 1. The maximum absolute atomic E-state index is 12.5. The first-order chi connectivity index (χ1) is 12.5. The zero-order valence-electron chi connectivity index (χ0n) is 14.4. The molecular weight excluding hydrogens is 370 g/mol. The Morgan fingerprint density at radius 1 is 1.23 bits per heavy atom. The van der Waals surface area contributed by atoms with Crippen molar-refractivity contribution in [3.63, 3.8) is 0 Å². The zero-order valence-corrected chi connectivity index (χ0v) is 16.0. The number of carbonyl (C=O) groups is 1. The Balaban J connectivity index is 1.69. The molecule has 1 fully saturated rings. The topological polar surface area (TPSA) is 101 Å². The van der Waals surface area contributed by atoms with E-state index in [4.69, 9.17) is 5.73 Å². The van der Waals surface area contributed by atoms with Crippen molar-refractivity contribution in [3.8, 4) is 0 Å². The van der Waals surface area contributed by atoms with Crippen molar-refractivity contribution in [2.24, 2.45) is 11.7 Å². The Kier molecular flexibility index (Phi) is 6.08. The second-order valence-corrected chi connectivity index (χ2v) is 9.24. The average Bonchev–Trinajstić information content (AvgIpc) is 3.31. The van der Waals surface area contributed by atoms with Crippen LogP contribution in [0.2, 0.25) is 0 Å². The molecule has 26 heavy (non-hydrogen) atoms. The Bertz CT molecular complexity index is 850. The monoisotopic (exact) mass is 393 g/mol. The van der Waals surface area contributed by atoms with Gasteiger partial charge in [-0.1, -0.05) is 18.6 Å². The number of hydrogen-bond acceptors (Lipinski definition) is 5. The van der Waals surface area contributed by atoms with Crippen molar-refractivity contribution in [1.82, 2.24) is 10.0 Å². The molecule has 1 saturated carbocycles. The fourth-order valence-corrected chi connectivity index (χ4v) is 5.02. The van der Waals surface area contributed by atoms with Crippen LogP contribution in [-0.4, -0.2) is 26.9 Å². The zero-order chi connectivity index (χ0) is 18.6. The molecule has 2 unspecified atom stereocenters. The summed E-state index contributed by atoms with van der Waals surface area (Å²) >= 11 is 1.49. The van der Waals surface area contributed by atoms with E-state index in [0.29, 0.717) is 18.0 Å². The van der Waals surface area contributed by atoms with Crippen LogP contribution in [-0.2, 0) is 16.6 Å². The van der Waals surface area contributed by atoms with E-state index >= 15 is 0 Å². The third-order valence-electron chi connectivity index (χ3n) is 4.70. The minimum atomic E-state index is -3.68. The van der Waals surface area contributed by atoms with Crippen LogP contribution >= 0.6 is 11.3 Å². The van der Waals surface area contributed by atoms with Gasteiger partial charge in [-0.15, -0.1) is 11.3 Å². The van der Waals surface area contributed by atoms with Crippen LogP contribution < -0.4 is 15.8 Å². The molecule has 1 heterocycles. The van der Waals surface area contributed by atoms with Gasteiger partial charge in [0.1, 0.15) is 0 Å². The van der Waals surface area contributed by atoms with Gasteiger partial charge in [0, 0.05) is 23.0 Å².